The zero-order valence-corrected chi connectivity index (χ0v) is 15.6. The molecule has 0 radical (unpaired) electrons. The Balaban J connectivity index is 1.70. The molecular formula is C20H24N4O2. The highest BCUT2D eigenvalue weighted by Gasteiger charge is 2.17. The van der Waals surface area contributed by atoms with Crippen molar-refractivity contribution >= 4 is 0 Å². The monoisotopic (exact) mass is 352 g/mol. The summed E-state index contributed by atoms with van der Waals surface area (Å²) < 4.78 is 11.2. The number of nitrogens with zero attached hydrogens (tertiary/aromatic N) is 4. The van der Waals surface area contributed by atoms with Gasteiger partial charge in [-0.1, -0.05) is 6.07 Å². The Bertz CT molecular complexity index is 848. The molecule has 0 aliphatic heterocycles. The summed E-state index contributed by atoms with van der Waals surface area (Å²) in [5.41, 5.74) is 2.84. The maximum atomic E-state index is 5.88. The smallest absolute Gasteiger partial charge is 0.226 e. The quantitative estimate of drug-likeness (QED) is 0.648. The largest absolute Gasteiger partial charge is 0.497 e. The molecule has 0 aliphatic carbocycles. The minimum atomic E-state index is 0.308. The maximum absolute atomic E-state index is 5.88. The van der Waals surface area contributed by atoms with Gasteiger partial charge in [-0.3, -0.25) is 14.9 Å². The van der Waals surface area contributed by atoms with Gasteiger partial charge in [0.25, 0.3) is 0 Å². The number of methoxy groups -OCH3 is 1. The van der Waals surface area contributed by atoms with Crippen molar-refractivity contribution in [1.29, 1.82) is 0 Å². The molecule has 3 aromatic rings. The number of likely N-dealkylation sites (N-methyl/N-ethyl adjacent to an activating group) is 1. The van der Waals surface area contributed by atoms with Crippen LogP contribution in [0, 0.1) is 6.92 Å². The van der Waals surface area contributed by atoms with Gasteiger partial charge in [0, 0.05) is 43.2 Å². The zero-order chi connectivity index (χ0) is 18.5. The number of hydrogen-bond acceptors (Lipinski definition) is 6. The number of rotatable bonds is 7. The Morgan fingerprint density at radius 1 is 1.27 bits per heavy atom. The minimum absolute atomic E-state index is 0.308. The van der Waals surface area contributed by atoms with E-state index in [0.717, 1.165) is 34.9 Å². The summed E-state index contributed by atoms with van der Waals surface area (Å²) in [6.07, 6.45) is 6.07. The molecule has 0 amide bonds. The summed E-state index contributed by atoms with van der Waals surface area (Å²) in [5.74, 6) is 2.24. The van der Waals surface area contributed by atoms with Crippen LogP contribution in [0.15, 0.2) is 47.3 Å². The van der Waals surface area contributed by atoms with Crippen molar-refractivity contribution < 1.29 is 9.15 Å². The van der Waals surface area contributed by atoms with Crippen LogP contribution in [0.1, 0.15) is 24.1 Å². The molecule has 26 heavy (non-hydrogen) atoms. The average molecular weight is 352 g/mol. The third kappa shape index (κ3) is 4.26. The van der Waals surface area contributed by atoms with E-state index in [1.807, 2.05) is 37.4 Å². The van der Waals surface area contributed by atoms with Crippen LogP contribution < -0.4 is 4.74 Å². The molecule has 0 saturated carbocycles. The van der Waals surface area contributed by atoms with E-state index in [1.165, 1.54) is 0 Å². The van der Waals surface area contributed by atoms with Crippen molar-refractivity contribution in [3.8, 4) is 17.2 Å². The van der Waals surface area contributed by atoms with Gasteiger partial charge in [0.15, 0.2) is 0 Å². The first-order valence-corrected chi connectivity index (χ1v) is 8.62. The summed E-state index contributed by atoms with van der Waals surface area (Å²) in [6, 6.07) is 8.04. The second kappa shape index (κ2) is 8.10. The van der Waals surface area contributed by atoms with E-state index >= 15 is 0 Å². The lowest BCUT2D eigenvalue weighted by Gasteiger charge is -2.23. The van der Waals surface area contributed by atoms with Crippen LogP contribution >= 0.6 is 0 Å². The van der Waals surface area contributed by atoms with Crippen LogP contribution in [-0.2, 0) is 13.0 Å². The molecule has 0 unspecified atom stereocenters. The van der Waals surface area contributed by atoms with Gasteiger partial charge in [0.2, 0.25) is 5.89 Å². The van der Waals surface area contributed by atoms with Gasteiger partial charge >= 0.3 is 0 Å². The molecular weight excluding hydrogens is 328 g/mol. The molecule has 1 atom stereocenters. The number of aromatic nitrogens is 3. The van der Waals surface area contributed by atoms with E-state index in [0.29, 0.717) is 18.5 Å². The van der Waals surface area contributed by atoms with Crippen LogP contribution in [0.2, 0.25) is 0 Å². The number of hydrogen-bond donors (Lipinski definition) is 0. The van der Waals surface area contributed by atoms with Gasteiger partial charge in [-0.05, 0) is 39.1 Å². The van der Waals surface area contributed by atoms with Crippen LogP contribution in [0.4, 0.5) is 0 Å². The Kier molecular flexibility index (Phi) is 5.63. The van der Waals surface area contributed by atoms with E-state index < -0.39 is 0 Å². The SMILES string of the molecule is COc1cccc(-c2nc(CN(C)[C@H](C)Cc3cnccn3)c(C)o2)c1. The van der Waals surface area contributed by atoms with Gasteiger partial charge in [0.05, 0.1) is 18.5 Å². The first-order valence-electron chi connectivity index (χ1n) is 8.62. The van der Waals surface area contributed by atoms with E-state index in [-0.39, 0.29) is 0 Å². The maximum Gasteiger partial charge on any atom is 0.226 e. The lowest BCUT2D eigenvalue weighted by Crippen LogP contribution is -2.31. The van der Waals surface area contributed by atoms with E-state index in [1.54, 1.807) is 19.5 Å². The van der Waals surface area contributed by atoms with Gasteiger partial charge in [-0.15, -0.1) is 0 Å². The van der Waals surface area contributed by atoms with Crippen LogP contribution in [0.25, 0.3) is 11.5 Å². The summed E-state index contributed by atoms with van der Waals surface area (Å²) in [6.45, 7) is 4.83. The highest BCUT2D eigenvalue weighted by atomic mass is 16.5. The molecule has 6 nitrogen and oxygen atoms in total. The Morgan fingerprint density at radius 2 is 2.12 bits per heavy atom. The first kappa shape index (κ1) is 18.1. The fourth-order valence-electron chi connectivity index (χ4n) is 2.74. The van der Waals surface area contributed by atoms with Crippen molar-refractivity contribution in [3.63, 3.8) is 0 Å². The lowest BCUT2D eigenvalue weighted by molar-refractivity contribution is 0.243. The van der Waals surface area contributed by atoms with Crippen molar-refractivity contribution in [2.75, 3.05) is 14.2 Å². The van der Waals surface area contributed by atoms with E-state index in [2.05, 4.69) is 28.8 Å². The second-order valence-corrected chi connectivity index (χ2v) is 6.42. The van der Waals surface area contributed by atoms with Crippen LogP contribution in [0.3, 0.4) is 0 Å². The van der Waals surface area contributed by atoms with Gasteiger partial charge in [0.1, 0.15) is 11.5 Å². The number of benzene rings is 1. The zero-order valence-electron chi connectivity index (χ0n) is 15.6. The Morgan fingerprint density at radius 3 is 2.85 bits per heavy atom. The Labute approximate surface area is 153 Å². The van der Waals surface area contributed by atoms with Gasteiger partial charge < -0.3 is 9.15 Å². The van der Waals surface area contributed by atoms with Gasteiger partial charge in [-0.2, -0.15) is 0 Å². The number of ether oxygens (including phenoxy) is 1. The topological polar surface area (TPSA) is 64.3 Å². The van der Waals surface area contributed by atoms with Gasteiger partial charge in [-0.25, -0.2) is 4.98 Å². The van der Waals surface area contributed by atoms with Crippen molar-refractivity contribution in [1.82, 2.24) is 19.9 Å². The first-order chi connectivity index (χ1) is 12.6. The summed E-state index contributed by atoms with van der Waals surface area (Å²) in [7, 11) is 3.74. The molecule has 0 fully saturated rings. The summed E-state index contributed by atoms with van der Waals surface area (Å²) >= 11 is 0. The average Bonchev–Trinajstić information content (AvgIpc) is 3.03. The van der Waals surface area contributed by atoms with Crippen molar-refractivity contribution in [3.05, 3.63) is 60.0 Å². The molecule has 0 spiro atoms. The molecule has 6 heteroatoms. The highest BCUT2D eigenvalue weighted by Crippen LogP contribution is 2.26. The molecule has 1 aromatic carbocycles. The lowest BCUT2D eigenvalue weighted by atomic mass is 10.1. The van der Waals surface area contributed by atoms with Crippen LogP contribution in [0.5, 0.6) is 5.75 Å². The molecule has 0 saturated heterocycles. The standard InChI is InChI=1S/C20H24N4O2/c1-14(10-17-12-21-8-9-22-17)24(3)13-19-15(2)26-20(23-19)16-6-5-7-18(11-16)25-4/h5-9,11-12,14H,10,13H2,1-4H3/t14-/m1/s1. The van der Waals surface area contributed by atoms with E-state index in [9.17, 15) is 0 Å². The van der Waals surface area contributed by atoms with Crippen LogP contribution in [-0.4, -0.2) is 40.1 Å². The minimum Gasteiger partial charge on any atom is -0.497 e. The summed E-state index contributed by atoms with van der Waals surface area (Å²) in [5, 5.41) is 0. The summed E-state index contributed by atoms with van der Waals surface area (Å²) in [4.78, 5) is 15.4. The third-order valence-corrected chi connectivity index (χ3v) is 4.48. The molecule has 0 N–H and O–H groups in total. The number of aryl methyl sites for hydroxylation is 1. The molecule has 2 aromatic heterocycles. The predicted octanol–water partition coefficient (Wildman–Crippen LogP) is 3.51. The molecule has 3 rings (SSSR count). The second-order valence-electron chi connectivity index (χ2n) is 6.42. The molecule has 136 valence electrons. The molecule has 0 bridgehead atoms. The number of oxazole rings is 1. The normalized spacial score (nSPS) is 12.3. The Hall–Kier alpha value is -2.73. The fourth-order valence-corrected chi connectivity index (χ4v) is 2.74. The van der Waals surface area contributed by atoms with Crippen molar-refractivity contribution in [2.24, 2.45) is 0 Å². The molecule has 2 heterocycles. The fraction of sp³-hybridized carbons (Fsp3) is 0.350. The molecule has 0 aliphatic rings. The third-order valence-electron chi connectivity index (χ3n) is 4.48. The van der Waals surface area contributed by atoms with E-state index in [4.69, 9.17) is 14.1 Å². The van der Waals surface area contributed by atoms with Crippen molar-refractivity contribution in [2.45, 2.75) is 32.9 Å². The highest BCUT2D eigenvalue weighted by molar-refractivity contribution is 5.56. The predicted molar refractivity (Wildman–Crippen MR) is 99.9 cm³/mol.